The molecule has 1 N–H and O–H groups in total. The number of aryl methyl sites for hydroxylation is 1. The highest BCUT2D eigenvalue weighted by Crippen LogP contribution is 2.26. The zero-order chi connectivity index (χ0) is 17.9. The van der Waals surface area contributed by atoms with Gasteiger partial charge in [0.1, 0.15) is 18.4 Å². The molecule has 26 heavy (non-hydrogen) atoms. The van der Waals surface area contributed by atoms with Crippen LogP contribution in [0.3, 0.4) is 0 Å². The highest BCUT2D eigenvalue weighted by molar-refractivity contribution is 5.78. The molecule has 0 saturated heterocycles. The molecule has 0 bridgehead atoms. The summed E-state index contributed by atoms with van der Waals surface area (Å²) in [5.74, 6) is 0.652. The number of nitrogens with zero attached hydrogens (tertiary/aromatic N) is 2. The van der Waals surface area contributed by atoms with Crippen molar-refractivity contribution < 1.29 is 9.53 Å². The van der Waals surface area contributed by atoms with Crippen molar-refractivity contribution in [3.63, 3.8) is 0 Å². The molecule has 0 spiro atoms. The van der Waals surface area contributed by atoms with E-state index in [0.29, 0.717) is 17.4 Å². The van der Waals surface area contributed by atoms with Crippen molar-refractivity contribution in [1.29, 1.82) is 0 Å². The zero-order valence-electron chi connectivity index (χ0n) is 14.2. The lowest BCUT2D eigenvalue weighted by Gasteiger charge is -2.26. The Morgan fingerprint density at radius 1 is 1.19 bits per heavy atom. The lowest BCUT2D eigenvalue weighted by atomic mass is 10.0. The van der Waals surface area contributed by atoms with E-state index in [9.17, 15) is 9.59 Å². The molecule has 1 amide bonds. The highest BCUT2D eigenvalue weighted by Gasteiger charge is 2.20. The van der Waals surface area contributed by atoms with Gasteiger partial charge >= 0.3 is 0 Å². The van der Waals surface area contributed by atoms with Gasteiger partial charge in [0, 0.05) is 0 Å². The average molecular weight is 349 g/mol. The van der Waals surface area contributed by atoms with Gasteiger partial charge in [0.25, 0.3) is 5.56 Å². The molecule has 1 atom stereocenters. The van der Waals surface area contributed by atoms with E-state index in [0.717, 1.165) is 18.6 Å². The SMILES string of the molecule is O=C(Cn1cnc2ccccc2c1=O)NC[C@H]1CCc2ccccc2O1. The minimum absolute atomic E-state index is 0.0553. The first-order valence-corrected chi connectivity index (χ1v) is 8.66. The van der Waals surface area contributed by atoms with Crippen LogP contribution in [0.4, 0.5) is 0 Å². The summed E-state index contributed by atoms with van der Waals surface area (Å²) < 4.78 is 7.25. The summed E-state index contributed by atoms with van der Waals surface area (Å²) in [5.41, 5.74) is 1.61. The van der Waals surface area contributed by atoms with Crippen LogP contribution in [0.1, 0.15) is 12.0 Å². The summed E-state index contributed by atoms with van der Waals surface area (Å²) in [7, 11) is 0. The second-order valence-electron chi connectivity index (χ2n) is 6.39. The van der Waals surface area contributed by atoms with Crippen molar-refractivity contribution in [1.82, 2.24) is 14.9 Å². The Kier molecular flexibility index (Phi) is 4.39. The van der Waals surface area contributed by atoms with Gasteiger partial charge in [-0.3, -0.25) is 14.2 Å². The molecule has 0 fully saturated rings. The predicted octanol–water partition coefficient (Wildman–Crippen LogP) is 1.91. The first kappa shape index (κ1) is 16.3. The summed E-state index contributed by atoms with van der Waals surface area (Å²) >= 11 is 0. The monoisotopic (exact) mass is 349 g/mol. The molecule has 1 aliphatic heterocycles. The predicted molar refractivity (Wildman–Crippen MR) is 98.2 cm³/mol. The van der Waals surface area contributed by atoms with Crippen molar-refractivity contribution in [3.8, 4) is 5.75 Å². The maximum Gasteiger partial charge on any atom is 0.261 e. The third-order valence-electron chi connectivity index (χ3n) is 4.57. The largest absolute Gasteiger partial charge is 0.488 e. The number of nitrogens with one attached hydrogen (secondary N) is 1. The number of rotatable bonds is 4. The van der Waals surface area contributed by atoms with Crippen LogP contribution in [-0.2, 0) is 17.8 Å². The number of carbonyl (C=O) groups is 1. The molecule has 6 nitrogen and oxygen atoms in total. The smallest absolute Gasteiger partial charge is 0.261 e. The third kappa shape index (κ3) is 3.31. The van der Waals surface area contributed by atoms with Crippen LogP contribution in [0, 0.1) is 0 Å². The van der Waals surface area contributed by atoms with Gasteiger partial charge in [-0.15, -0.1) is 0 Å². The second-order valence-corrected chi connectivity index (χ2v) is 6.39. The maximum absolute atomic E-state index is 12.4. The molecule has 132 valence electrons. The summed E-state index contributed by atoms with van der Waals surface area (Å²) in [4.78, 5) is 28.9. The molecule has 0 aliphatic carbocycles. The number of carbonyl (C=O) groups excluding carboxylic acids is 1. The summed E-state index contributed by atoms with van der Waals surface area (Å²) in [6.07, 6.45) is 3.15. The fourth-order valence-electron chi connectivity index (χ4n) is 3.18. The third-order valence-corrected chi connectivity index (χ3v) is 4.57. The van der Waals surface area contributed by atoms with Crippen molar-refractivity contribution in [3.05, 3.63) is 70.8 Å². The fourth-order valence-corrected chi connectivity index (χ4v) is 3.18. The number of fused-ring (bicyclic) bond motifs is 2. The second kappa shape index (κ2) is 7.00. The number of hydrogen-bond acceptors (Lipinski definition) is 4. The van der Waals surface area contributed by atoms with Gasteiger partial charge in [-0.05, 0) is 36.6 Å². The minimum atomic E-state index is -0.230. The van der Waals surface area contributed by atoms with Gasteiger partial charge < -0.3 is 10.1 Å². The van der Waals surface area contributed by atoms with E-state index in [2.05, 4.69) is 16.4 Å². The van der Waals surface area contributed by atoms with E-state index in [1.165, 1.54) is 16.5 Å². The molecule has 2 heterocycles. The van der Waals surface area contributed by atoms with Gasteiger partial charge in [0.2, 0.25) is 5.91 Å². The van der Waals surface area contributed by atoms with Gasteiger partial charge in [-0.2, -0.15) is 0 Å². The summed E-state index contributed by atoms with van der Waals surface area (Å²) in [5, 5.41) is 3.36. The van der Waals surface area contributed by atoms with Crippen molar-refractivity contribution in [2.24, 2.45) is 0 Å². The number of hydrogen-bond donors (Lipinski definition) is 1. The van der Waals surface area contributed by atoms with Crippen LogP contribution in [0.5, 0.6) is 5.75 Å². The van der Waals surface area contributed by atoms with E-state index in [1.54, 1.807) is 18.2 Å². The van der Waals surface area contributed by atoms with E-state index < -0.39 is 0 Å². The molecule has 4 rings (SSSR count). The van der Waals surface area contributed by atoms with Crippen molar-refractivity contribution in [2.45, 2.75) is 25.5 Å². The first-order valence-electron chi connectivity index (χ1n) is 8.66. The standard InChI is InChI=1S/C20H19N3O3/c24-19(12-23-13-22-17-7-3-2-6-16(17)20(23)25)21-11-15-10-9-14-5-1-4-8-18(14)26-15/h1-8,13,15H,9-12H2,(H,21,24)/t15-/m1/s1. The minimum Gasteiger partial charge on any atom is -0.488 e. The summed E-state index contributed by atoms with van der Waals surface area (Å²) in [6, 6.07) is 15.1. The molecule has 1 aliphatic rings. The lowest BCUT2D eigenvalue weighted by molar-refractivity contribution is -0.122. The van der Waals surface area contributed by atoms with E-state index in [1.807, 2.05) is 24.3 Å². The molecular formula is C20H19N3O3. The quantitative estimate of drug-likeness (QED) is 0.781. The Labute approximate surface area is 150 Å². The Morgan fingerprint density at radius 2 is 2.00 bits per heavy atom. The van der Waals surface area contributed by atoms with E-state index in [-0.39, 0.29) is 24.1 Å². The topological polar surface area (TPSA) is 73.2 Å². The zero-order valence-corrected chi connectivity index (χ0v) is 14.2. The molecule has 0 unspecified atom stereocenters. The van der Waals surface area contributed by atoms with Crippen LogP contribution in [0.25, 0.3) is 10.9 Å². The Bertz CT molecular complexity index is 1010. The van der Waals surface area contributed by atoms with Gasteiger partial charge in [0.05, 0.1) is 23.8 Å². The number of aromatic nitrogens is 2. The van der Waals surface area contributed by atoms with Gasteiger partial charge in [-0.1, -0.05) is 30.3 Å². The molecule has 3 aromatic rings. The molecule has 2 aromatic carbocycles. The molecular weight excluding hydrogens is 330 g/mol. The van der Waals surface area contributed by atoms with Crippen LogP contribution in [-0.4, -0.2) is 28.1 Å². The van der Waals surface area contributed by atoms with Crippen LogP contribution in [0.15, 0.2) is 59.7 Å². The maximum atomic E-state index is 12.4. The van der Waals surface area contributed by atoms with Gasteiger partial charge in [-0.25, -0.2) is 4.98 Å². The van der Waals surface area contributed by atoms with Crippen LogP contribution >= 0.6 is 0 Å². The number of amides is 1. The number of para-hydroxylation sites is 2. The average Bonchev–Trinajstić information content (AvgIpc) is 2.68. The molecule has 0 saturated carbocycles. The fraction of sp³-hybridized carbons (Fsp3) is 0.250. The van der Waals surface area contributed by atoms with Crippen LogP contribution in [0.2, 0.25) is 0 Å². The molecule has 0 radical (unpaired) electrons. The Hall–Kier alpha value is -3.15. The van der Waals surface area contributed by atoms with Gasteiger partial charge in [0.15, 0.2) is 0 Å². The first-order chi connectivity index (χ1) is 12.7. The van der Waals surface area contributed by atoms with Crippen molar-refractivity contribution in [2.75, 3.05) is 6.54 Å². The normalized spacial score (nSPS) is 15.9. The molecule has 1 aromatic heterocycles. The number of ether oxygens (including phenoxy) is 1. The van der Waals surface area contributed by atoms with E-state index in [4.69, 9.17) is 4.74 Å². The van der Waals surface area contributed by atoms with Crippen molar-refractivity contribution >= 4 is 16.8 Å². The van der Waals surface area contributed by atoms with Crippen LogP contribution < -0.4 is 15.6 Å². The Morgan fingerprint density at radius 3 is 2.92 bits per heavy atom. The number of benzene rings is 2. The lowest BCUT2D eigenvalue weighted by Crippen LogP contribution is -2.39. The molecule has 6 heteroatoms. The Balaban J connectivity index is 1.38. The van der Waals surface area contributed by atoms with E-state index >= 15 is 0 Å². The summed E-state index contributed by atoms with van der Waals surface area (Å²) in [6.45, 7) is 0.364. The highest BCUT2D eigenvalue weighted by atomic mass is 16.5.